The predicted octanol–water partition coefficient (Wildman–Crippen LogP) is 1.82. The Labute approximate surface area is 132 Å². The fourth-order valence-electron chi connectivity index (χ4n) is 2.67. The summed E-state index contributed by atoms with van der Waals surface area (Å²) >= 11 is 0. The Morgan fingerprint density at radius 1 is 1.14 bits per heavy atom. The second-order valence-corrected chi connectivity index (χ2v) is 6.95. The number of phenols is 1. The first-order chi connectivity index (χ1) is 10.3. The lowest BCUT2D eigenvalue weighted by Crippen LogP contribution is -2.56. The van der Waals surface area contributed by atoms with E-state index >= 15 is 0 Å². The van der Waals surface area contributed by atoms with Crippen LogP contribution in [0.15, 0.2) is 24.3 Å². The molecule has 1 heterocycles. The van der Waals surface area contributed by atoms with Crippen LogP contribution in [0.5, 0.6) is 5.75 Å². The zero-order chi connectivity index (χ0) is 16.3. The van der Waals surface area contributed by atoms with Gasteiger partial charge in [0.15, 0.2) is 0 Å². The van der Waals surface area contributed by atoms with Crippen molar-refractivity contribution in [3.63, 3.8) is 0 Å². The van der Waals surface area contributed by atoms with E-state index in [9.17, 15) is 9.90 Å². The van der Waals surface area contributed by atoms with Crippen LogP contribution in [0.1, 0.15) is 27.7 Å². The lowest BCUT2D eigenvalue weighted by molar-refractivity contribution is -0.127. The van der Waals surface area contributed by atoms with Gasteiger partial charge < -0.3 is 15.3 Å². The van der Waals surface area contributed by atoms with Gasteiger partial charge in [-0.05, 0) is 52.0 Å². The molecule has 0 radical (unpaired) electrons. The molecule has 122 valence electrons. The van der Waals surface area contributed by atoms with Crippen LogP contribution in [0, 0.1) is 0 Å². The normalized spacial score (nSPS) is 18.1. The second-order valence-electron chi connectivity index (χ2n) is 6.95. The van der Waals surface area contributed by atoms with Crippen molar-refractivity contribution in [3.05, 3.63) is 24.3 Å². The monoisotopic (exact) mass is 305 g/mol. The first kappa shape index (κ1) is 16.6. The molecular formula is C17H27N3O2. The molecule has 0 saturated carbocycles. The Balaban J connectivity index is 1.88. The second kappa shape index (κ2) is 6.57. The van der Waals surface area contributed by atoms with E-state index in [1.807, 2.05) is 39.8 Å². The Bertz CT molecular complexity index is 500. The van der Waals surface area contributed by atoms with Crippen LogP contribution >= 0.6 is 0 Å². The van der Waals surface area contributed by atoms with Crippen LogP contribution in [0.2, 0.25) is 0 Å². The number of piperazine rings is 1. The first-order valence-corrected chi connectivity index (χ1v) is 7.86. The van der Waals surface area contributed by atoms with Crippen LogP contribution in [-0.4, -0.2) is 53.7 Å². The van der Waals surface area contributed by atoms with E-state index in [1.54, 1.807) is 12.1 Å². The summed E-state index contributed by atoms with van der Waals surface area (Å²) in [6.07, 6.45) is 0. The standard InChI is InChI=1S/C17H27N3O2/c1-13(16(22)18-17(2,3)4)19-9-11-20(12-10-19)14-5-7-15(21)8-6-14/h5-8,13,21H,9-12H2,1-4H3,(H,18,22). The van der Waals surface area contributed by atoms with Crippen molar-refractivity contribution in [1.82, 2.24) is 10.2 Å². The van der Waals surface area contributed by atoms with Crippen LogP contribution in [0.3, 0.4) is 0 Å². The number of phenolic OH excluding ortho intramolecular Hbond substituents is 1. The highest BCUT2D eigenvalue weighted by atomic mass is 16.3. The van der Waals surface area contributed by atoms with Crippen LogP contribution in [0.25, 0.3) is 0 Å². The number of anilines is 1. The molecule has 1 saturated heterocycles. The average Bonchev–Trinajstić information content (AvgIpc) is 2.46. The summed E-state index contributed by atoms with van der Waals surface area (Å²) in [5.74, 6) is 0.375. The third-order valence-electron chi connectivity index (χ3n) is 3.95. The summed E-state index contributed by atoms with van der Waals surface area (Å²) in [7, 11) is 0. The summed E-state index contributed by atoms with van der Waals surface area (Å²) in [4.78, 5) is 16.8. The van der Waals surface area contributed by atoms with Gasteiger partial charge in [-0.15, -0.1) is 0 Å². The van der Waals surface area contributed by atoms with Crippen molar-refractivity contribution >= 4 is 11.6 Å². The van der Waals surface area contributed by atoms with Crippen molar-refractivity contribution in [3.8, 4) is 5.75 Å². The van der Waals surface area contributed by atoms with E-state index in [4.69, 9.17) is 0 Å². The third-order valence-corrected chi connectivity index (χ3v) is 3.95. The molecule has 0 spiro atoms. The lowest BCUT2D eigenvalue weighted by Gasteiger charge is -2.39. The number of hydrogen-bond acceptors (Lipinski definition) is 4. The van der Waals surface area contributed by atoms with E-state index in [-0.39, 0.29) is 23.2 Å². The largest absolute Gasteiger partial charge is 0.508 e. The number of nitrogens with one attached hydrogen (secondary N) is 1. The highest BCUT2D eigenvalue weighted by Crippen LogP contribution is 2.20. The molecule has 2 rings (SSSR count). The summed E-state index contributed by atoms with van der Waals surface area (Å²) in [5.41, 5.74) is 0.920. The highest BCUT2D eigenvalue weighted by molar-refractivity contribution is 5.82. The minimum Gasteiger partial charge on any atom is -0.508 e. The first-order valence-electron chi connectivity index (χ1n) is 7.86. The molecular weight excluding hydrogens is 278 g/mol. The average molecular weight is 305 g/mol. The Hall–Kier alpha value is -1.75. The lowest BCUT2D eigenvalue weighted by atomic mass is 10.1. The van der Waals surface area contributed by atoms with E-state index in [0.717, 1.165) is 31.9 Å². The molecule has 1 aliphatic rings. The number of carbonyl (C=O) groups is 1. The van der Waals surface area contributed by atoms with E-state index in [2.05, 4.69) is 15.1 Å². The fraction of sp³-hybridized carbons (Fsp3) is 0.588. The number of amides is 1. The van der Waals surface area contributed by atoms with Crippen molar-refractivity contribution in [2.75, 3.05) is 31.1 Å². The molecule has 5 nitrogen and oxygen atoms in total. The van der Waals surface area contributed by atoms with Crippen LogP contribution in [0.4, 0.5) is 5.69 Å². The van der Waals surface area contributed by atoms with Gasteiger partial charge in [0, 0.05) is 37.4 Å². The molecule has 1 unspecified atom stereocenters. The maximum atomic E-state index is 12.3. The van der Waals surface area contributed by atoms with E-state index < -0.39 is 0 Å². The molecule has 5 heteroatoms. The van der Waals surface area contributed by atoms with Gasteiger partial charge >= 0.3 is 0 Å². The number of aromatic hydroxyl groups is 1. The molecule has 1 atom stereocenters. The quantitative estimate of drug-likeness (QED) is 0.894. The van der Waals surface area contributed by atoms with Crippen LogP contribution < -0.4 is 10.2 Å². The van der Waals surface area contributed by atoms with Crippen molar-refractivity contribution in [2.24, 2.45) is 0 Å². The van der Waals surface area contributed by atoms with Gasteiger partial charge in [0.05, 0.1) is 6.04 Å². The SMILES string of the molecule is CC(C(=O)NC(C)(C)C)N1CCN(c2ccc(O)cc2)CC1. The third kappa shape index (κ3) is 4.37. The molecule has 0 aromatic heterocycles. The van der Waals surface area contributed by atoms with Crippen molar-refractivity contribution in [2.45, 2.75) is 39.3 Å². The molecule has 1 aromatic rings. The van der Waals surface area contributed by atoms with Gasteiger partial charge in [0.1, 0.15) is 5.75 Å². The minimum absolute atomic E-state index is 0.0885. The Morgan fingerprint density at radius 3 is 2.18 bits per heavy atom. The van der Waals surface area contributed by atoms with Gasteiger partial charge in [0.25, 0.3) is 0 Å². The van der Waals surface area contributed by atoms with Gasteiger partial charge in [-0.2, -0.15) is 0 Å². The van der Waals surface area contributed by atoms with Crippen LogP contribution in [-0.2, 0) is 4.79 Å². The zero-order valence-corrected chi connectivity index (χ0v) is 14.0. The van der Waals surface area contributed by atoms with Gasteiger partial charge in [-0.3, -0.25) is 9.69 Å². The zero-order valence-electron chi connectivity index (χ0n) is 14.0. The molecule has 1 aromatic carbocycles. The number of rotatable bonds is 3. The maximum absolute atomic E-state index is 12.3. The summed E-state index contributed by atoms with van der Waals surface area (Å²) in [6, 6.07) is 7.17. The maximum Gasteiger partial charge on any atom is 0.237 e. The molecule has 1 fully saturated rings. The number of nitrogens with zero attached hydrogens (tertiary/aromatic N) is 2. The Morgan fingerprint density at radius 2 is 1.68 bits per heavy atom. The highest BCUT2D eigenvalue weighted by Gasteiger charge is 2.27. The van der Waals surface area contributed by atoms with Gasteiger partial charge in [0.2, 0.25) is 5.91 Å². The number of benzene rings is 1. The molecule has 22 heavy (non-hydrogen) atoms. The summed E-state index contributed by atoms with van der Waals surface area (Å²) in [5, 5.41) is 12.4. The Kier molecular flexibility index (Phi) is 4.96. The molecule has 0 aliphatic carbocycles. The molecule has 1 amide bonds. The summed E-state index contributed by atoms with van der Waals surface area (Å²) < 4.78 is 0. The van der Waals surface area contributed by atoms with Gasteiger partial charge in [-0.25, -0.2) is 0 Å². The van der Waals surface area contributed by atoms with E-state index in [0.29, 0.717) is 0 Å². The van der Waals surface area contributed by atoms with Crippen molar-refractivity contribution in [1.29, 1.82) is 0 Å². The predicted molar refractivity (Wildman–Crippen MR) is 89.3 cm³/mol. The van der Waals surface area contributed by atoms with Gasteiger partial charge in [-0.1, -0.05) is 0 Å². The summed E-state index contributed by atoms with van der Waals surface area (Å²) in [6.45, 7) is 11.5. The topological polar surface area (TPSA) is 55.8 Å². The smallest absolute Gasteiger partial charge is 0.237 e. The fourth-order valence-corrected chi connectivity index (χ4v) is 2.67. The number of hydrogen-bond donors (Lipinski definition) is 2. The van der Waals surface area contributed by atoms with E-state index in [1.165, 1.54) is 0 Å². The number of carbonyl (C=O) groups excluding carboxylic acids is 1. The minimum atomic E-state index is -0.195. The molecule has 0 bridgehead atoms. The molecule has 1 aliphatic heterocycles. The molecule has 2 N–H and O–H groups in total. The van der Waals surface area contributed by atoms with Crippen molar-refractivity contribution < 1.29 is 9.90 Å².